The molecule has 0 aromatic rings. The van der Waals surface area contributed by atoms with Crippen LogP contribution in [0.2, 0.25) is 0 Å². The third kappa shape index (κ3) is 1.67. The summed E-state index contributed by atoms with van der Waals surface area (Å²) < 4.78 is 6.09. The second-order valence-corrected chi connectivity index (χ2v) is 7.24. The maximum Gasteiger partial charge on any atom is 0.124 e. The van der Waals surface area contributed by atoms with E-state index in [1.165, 1.54) is 38.5 Å². The summed E-state index contributed by atoms with van der Waals surface area (Å²) in [6.07, 6.45) is 10.9. The molecule has 2 heteroatoms. The minimum absolute atomic E-state index is 0.218. The van der Waals surface area contributed by atoms with Crippen LogP contribution < -0.4 is 0 Å². The molecule has 0 radical (unpaired) electrons. The lowest BCUT2D eigenvalue weighted by atomic mass is 9.48. The van der Waals surface area contributed by atoms with Crippen LogP contribution in [0.5, 0.6) is 0 Å². The molecular weight excluding hydrogens is 234 g/mol. The standard InChI is InChI=1S/C17H21NO/c1-11-2-3-15(10-18)16(19-11)17-7-12-4-13(8-17)6-14(5-12)9-17/h2,12-14H,3-9H2,1H3. The molecule has 19 heavy (non-hydrogen) atoms. The minimum Gasteiger partial charge on any atom is -0.465 e. The van der Waals surface area contributed by atoms with Crippen LogP contribution in [0, 0.1) is 34.5 Å². The van der Waals surface area contributed by atoms with E-state index in [0.29, 0.717) is 0 Å². The van der Waals surface area contributed by atoms with Gasteiger partial charge in [-0.25, -0.2) is 0 Å². The Morgan fingerprint density at radius 3 is 2.26 bits per heavy atom. The fraction of sp³-hybridized carbons (Fsp3) is 0.706. The van der Waals surface area contributed by atoms with Crippen LogP contribution in [0.4, 0.5) is 0 Å². The molecule has 0 atom stereocenters. The van der Waals surface area contributed by atoms with Crippen molar-refractivity contribution < 1.29 is 4.74 Å². The molecule has 2 nitrogen and oxygen atoms in total. The zero-order chi connectivity index (χ0) is 13.0. The average Bonchev–Trinajstić information content (AvgIpc) is 2.37. The highest BCUT2D eigenvalue weighted by Crippen LogP contribution is 2.63. The summed E-state index contributed by atoms with van der Waals surface area (Å²) in [5.74, 6) is 4.74. The summed E-state index contributed by atoms with van der Waals surface area (Å²) in [6, 6.07) is 2.41. The zero-order valence-corrected chi connectivity index (χ0v) is 11.6. The van der Waals surface area contributed by atoms with E-state index in [9.17, 15) is 5.26 Å². The van der Waals surface area contributed by atoms with E-state index in [1.54, 1.807) is 0 Å². The molecule has 4 saturated carbocycles. The van der Waals surface area contributed by atoms with Crippen LogP contribution in [0.15, 0.2) is 23.2 Å². The highest BCUT2D eigenvalue weighted by atomic mass is 16.5. The molecule has 4 aliphatic carbocycles. The maximum atomic E-state index is 9.43. The van der Waals surface area contributed by atoms with Gasteiger partial charge in [-0.15, -0.1) is 0 Å². The summed E-state index contributed by atoms with van der Waals surface area (Å²) in [5.41, 5.74) is 1.11. The van der Waals surface area contributed by atoms with Crippen LogP contribution in [-0.4, -0.2) is 0 Å². The van der Waals surface area contributed by atoms with E-state index in [-0.39, 0.29) is 5.41 Å². The number of allylic oxidation sites excluding steroid dienone is 4. The fourth-order valence-corrected chi connectivity index (χ4v) is 5.52. The summed E-state index contributed by atoms with van der Waals surface area (Å²) in [6.45, 7) is 2.02. The first-order valence-electron chi connectivity index (χ1n) is 7.67. The molecule has 0 unspecified atom stereocenters. The highest BCUT2D eigenvalue weighted by Gasteiger charge is 2.54. The molecule has 0 aromatic heterocycles. The number of rotatable bonds is 1. The van der Waals surface area contributed by atoms with E-state index in [0.717, 1.165) is 41.3 Å². The van der Waals surface area contributed by atoms with E-state index < -0.39 is 0 Å². The molecule has 0 spiro atoms. The number of hydrogen-bond acceptors (Lipinski definition) is 2. The minimum atomic E-state index is 0.218. The van der Waals surface area contributed by atoms with Crippen molar-refractivity contribution in [3.8, 4) is 6.07 Å². The summed E-state index contributed by atoms with van der Waals surface area (Å²) in [5, 5.41) is 9.43. The number of nitriles is 1. The van der Waals surface area contributed by atoms with Crippen molar-refractivity contribution in [2.24, 2.45) is 23.2 Å². The smallest absolute Gasteiger partial charge is 0.124 e. The average molecular weight is 255 g/mol. The SMILES string of the molecule is CC1=CCC(C#N)=C(C23CC4CC(CC(C4)C2)C3)O1. The van der Waals surface area contributed by atoms with Gasteiger partial charge in [0.25, 0.3) is 0 Å². The normalized spacial score (nSPS) is 43.8. The molecule has 0 saturated heterocycles. The quantitative estimate of drug-likeness (QED) is 0.699. The van der Waals surface area contributed by atoms with E-state index in [4.69, 9.17) is 4.74 Å². The van der Waals surface area contributed by atoms with Crippen molar-refractivity contribution >= 4 is 0 Å². The third-order valence-electron chi connectivity index (χ3n) is 5.79. The summed E-state index contributed by atoms with van der Waals surface area (Å²) in [4.78, 5) is 0. The summed E-state index contributed by atoms with van der Waals surface area (Å²) in [7, 11) is 0. The third-order valence-corrected chi connectivity index (χ3v) is 5.79. The number of ether oxygens (including phenoxy) is 1. The van der Waals surface area contributed by atoms with Crippen molar-refractivity contribution in [2.75, 3.05) is 0 Å². The molecule has 1 heterocycles. The van der Waals surface area contributed by atoms with Gasteiger partial charge in [-0.2, -0.15) is 5.26 Å². The Morgan fingerprint density at radius 2 is 1.74 bits per heavy atom. The first kappa shape index (κ1) is 11.6. The van der Waals surface area contributed by atoms with Crippen LogP contribution >= 0.6 is 0 Å². The second kappa shape index (κ2) is 3.88. The van der Waals surface area contributed by atoms with Gasteiger partial charge < -0.3 is 4.74 Å². The number of nitrogens with zero attached hydrogens (tertiary/aromatic N) is 1. The molecule has 0 N–H and O–H groups in total. The number of hydrogen-bond donors (Lipinski definition) is 0. The zero-order valence-electron chi connectivity index (χ0n) is 11.6. The Kier molecular flexibility index (Phi) is 2.37. The first-order valence-corrected chi connectivity index (χ1v) is 7.67. The lowest BCUT2D eigenvalue weighted by Crippen LogP contribution is -2.47. The summed E-state index contributed by atoms with van der Waals surface area (Å²) >= 11 is 0. The molecule has 1 aliphatic heterocycles. The lowest BCUT2D eigenvalue weighted by Gasteiger charge is -2.57. The molecule has 5 rings (SSSR count). The second-order valence-electron chi connectivity index (χ2n) is 7.24. The van der Waals surface area contributed by atoms with Gasteiger partial charge in [0.1, 0.15) is 5.76 Å². The lowest BCUT2D eigenvalue weighted by molar-refractivity contribution is -0.0556. The van der Waals surface area contributed by atoms with Gasteiger partial charge in [-0.3, -0.25) is 0 Å². The van der Waals surface area contributed by atoms with Gasteiger partial charge in [-0.05, 0) is 69.3 Å². The van der Waals surface area contributed by atoms with Gasteiger partial charge >= 0.3 is 0 Å². The Morgan fingerprint density at radius 1 is 1.16 bits per heavy atom. The molecule has 100 valence electrons. The Hall–Kier alpha value is -1.23. The maximum absolute atomic E-state index is 9.43. The monoisotopic (exact) mass is 255 g/mol. The van der Waals surface area contributed by atoms with Crippen molar-refractivity contribution in [3.05, 3.63) is 23.2 Å². The predicted octanol–water partition coefficient (Wildman–Crippen LogP) is 4.30. The van der Waals surface area contributed by atoms with E-state index >= 15 is 0 Å². The highest BCUT2D eigenvalue weighted by molar-refractivity contribution is 5.36. The van der Waals surface area contributed by atoms with Crippen molar-refractivity contribution in [1.29, 1.82) is 5.26 Å². The molecule has 5 aliphatic rings. The Labute approximate surface area is 115 Å². The van der Waals surface area contributed by atoms with Crippen LogP contribution in [0.1, 0.15) is 51.9 Å². The molecule has 0 amide bonds. The first-order chi connectivity index (χ1) is 9.18. The molecular formula is C17H21NO. The van der Waals surface area contributed by atoms with Gasteiger partial charge in [-0.1, -0.05) is 0 Å². The van der Waals surface area contributed by atoms with Crippen LogP contribution in [-0.2, 0) is 4.74 Å². The molecule has 4 fully saturated rings. The Balaban J connectivity index is 1.75. The van der Waals surface area contributed by atoms with Gasteiger partial charge in [0.05, 0.1) is 17.4 Å². The van der Waals surface area contributed by atoms with Crippen LogP contribution in [0.3, 0.4) is 0 Å². The predicted molar refractivity (Wildman–Crippen MR) is 72.7 cm³/mol. The van der Waals surface area contributed by atoms with Gasteiger partial charge in [0, 0.05) is 11.8 Å². The van der Waals surface area contributed by atoms with E-state index in [1.807, 2.05) is 13.0 Å². The van der Waals surface area contributed by atoms with Crippen molar-refractivity contribution in [2.45, 2.75) is 51.9 Å². The van der Waals surface area contributed by atoms with Crippen LogP contribution in [0.25, 0.3) is 0 Å². The fourth-order valence-electron chi connectivity index (χ4n) is 5.52. The topological polar surface area (TPSA) is 33.0 Å². The van der Waals surface area contributed by atoms with Crippen molar-refractivity contribution in [3.63, 3.8) is 0 Å². The molecule has 4 bridgehead atoms. The van der Waals surface area contributed by atoms with Gasteiger partial charge in [0.2, 0.25) is 0 Å². The molecule has 0 aromatic carbocycles. The largest absolute Gasteiger partial charge is 0.465 e. The Bertz CT molecular complexity index is 485. The van der Waals surface area contributed by atoms with Crippen molar-refractivity contribution in [1.82, 2.24) is 0 Å². The van der Waals surface area contributed by atoms with E-state index in [2.05, 4.69) is 6.07 Å². The van der Waals surface area contributed by atoms with Gasteiger partial charge in [0.15, 0.2) is 0 Å².